The molecule has 7 nitrogen and oxygen atoms in total. The highest BCUT2D eigenvalue weighted by Gasteiger charge is 2.13. The summed E-state index contributed by atoms with van der Waals surface area (Å²) >= 11 is 1.32. The molecule has 0 amide bonds. The number of benzene rings is 2. The fourth-order valence-electron chi connectivity index (χ4n) is 2.70. The quantitative estimate of drug-likeness (QED) is 0.616. The summed E-state index contributed by atoms with van der Waals surface area (Å²) in [7, 11) is 0. The van der Waals surface area contributed by atoms with Gasteiger partial charge in [-0.05, 0) is 53.5 Å². The first-order valence-electron chi connectivity index (χ1n) is 8.55. The van der Waals surface area contributed by atoms with Crippen LogP contribution in [0.1, 0.15) is 5.56 Å². The minimum atomic E-state index is -0.610. The maximum Gasteiger partial charge on any atom is 0.231 e. The third kappa shape index (κ3) is 4.54. The number of aliphatic hydroxyl groups excluding tert-OH is 1. The fraction of sp³-hybridized carbons (Fsp3) is 0.263. The van der Waals surface area contributed by atoms with Gasteiger partial charge in [0.1, 0.15) is 24.2 Å². The minimum Gasteiger partial charge on any atom is -0.491 e. The van der Waals surface area contributed by atoms with Gasteiger partial charge >= 0.3 is 0 Å². The van der Waals surface area contributed by atoms with E-state index in [4.69, 9.17) is 14.2 Å². The van der Waals surface area contributed by atoms with Crippen molar-refractivity contribution in [2.45, 2.75) is 12.6 Å². The van der Waals surface area contributed by atoms with Crippen LogP contribution >= 0.6 is 11.5 Å². The molecular formula is C19H19N3O4S. The summed E-state index contributed by atoms with van der Waals surface area (Å²) in [6, 6.07) is 13.4. The molecule has 140 valence electrons. The summed E-state index contributed by atoms with van der Waals surface area (Å²) in [6.45, 7) is 1.54. The van der Waals surface area contributed by atoms with Gasteiger partial charge < -0.3 is 24.6 Å². The number of ether oxygens (including phenoxy) is 3. The minimum absolute atomic E-state index is 0.214. The maximum absolute atomic E-state index is 10.1. The Bertz CT molecular complexity index is 871. The van der Waals surface area contributed by atoms with Gasteiger partial charge in [-0.15, -0.1) is 5.10 Å². The third-order valence-corrected chi connectivity index (χ3v) is 4.60. The molecule has 0 aliphatic carbocycles. The molecule has 0 spiro atoms. The number of nitrogens with one attached hydrogen (secondary N) is 1. The van der Waals surface area contributed by atoms with Gasteiger partial charge in [-0.1, -0.05) is 10.6 Å². The van der Waals surface area contributed by atoms with Gasteiger partial charge in [-0.3, -0.25) is 0 Å². The number of aliphatic hydroxyl groups is 1. The lowest BCUT2D eigenvalue weighted by Gasteiger charge is -2.13. The Morgan fingerprint density at radius 2 is 2.00 bits per heavy atom. The lowest BCUT2D eigenvalue weighted by molar-refractivity contribution is 0.106. The van der Waals surface area contributed by atoms with Crippen molar-refractivity contribution >= 4 is 11.5 Å². The van der Waals surface area contributed by atoms with Crippen LogP contribution in [-0.4, -0.2) is 40.7 Å². The second kappa shape index (κ2) is 8.34. The van der Waals surface area contributed by atoms with E-state index in [9.17, 15) is 5.11 Å². The number of nitrogens with zero attached hydrogens (tertiary/aromatic N) is 2. The number of hydrogen-bond donors (Lipinski definition) is 2. The van der Waals surface area contributed by atoms with Gasteiger partial charge in [0, 0.05) is 24.0 Å². The Kier molecular flexibility index (Phi) is 5.47. The van der Waals surface area contributed by atoms with Crippen LogP contribution in [0.2, 0.25) is 0 Å². The van der Waals surface area contributed by atoms with Gasteiger partial charge in [0.25, 0.3) is 0 Å². The van der Waals surface area contributed by atoms with Gasteiger partial charge in [0.2, 0.25) is 6.79 Å². The normalized spacial score (nSPS) is 13.5. The number of fused-ring (bicyclic) bond motifs is 1. The van der Waals surface area contributed by atoms with E-state index in [1.54, 1.807) is 0 Å². The van der Waals surface area contributed by atoms with Crippen molar-refractivity contribution in [2.24, 2.45) is 0 Å². The highest BCUT2D eigenvalue weighted by molar-refractivity contribution is 7.03. The van der Waals surface area contributed by atoms with Crippen LogP contribution in [0.5, 0.6) is 17.2 Å². The summed E-state index contributed by atoms with van der Waals surface area (Å²) < 4.78 is 20.2. The molecule has 2 aromatic carbocycles. The third-order valence-electron chi connectivity index (χ3n) is 4.10. The van der Waals surface area contributed by atoms with Crippen molar-refractivity contribution in [2.75, 3.05) is 19.9 Å². The molecule has 1 atom stereocenters. The van der Waals surface area contributed by atoms with Crippen LogP contribution in [0.25, 0.3) is 11.3 Å². The summed E-state index contributed by atoms with van der Waals surface area (Å²) in [5, 5.41) is 19.2. The van der Waals surface area contributed by atoms with E-state index in [0.29, 0.717) is 18.8 Å². The van der Waals surface area contributed by atoms with Crippen molar-refractivity contribution in [1.82, 2.24) is 14.9 Å². The summed E-state index contributed by atoms with van der Waals surface area (Å²) in [5.41, 5.74) is 2.90. The van der Waals surface area contributed by atoms with Crippen molar-refractivity contribution in [3.8, 4) is 28.5 Å². The first-order valence-corrected chi connectivity index (χ1v) is 9.39. The van der Waals surface area contributed by atoms with Crippen LogP contribution < -0.4 is 19.5 Å². The lowest BCUT2D eigenvalue weighted by atomic mass is 10.2. The Morgan fingerprint density at radius 1 is 1.15 bits per heavy atom. The predicted molar refractivity (Wildman–Crippen MR) is 101 cm³/mol. The van der Waals surface area contributed by atoms with Crippen LogP contribution in [0.15, 0.2) is 47.8 Å². The van der Waals surface area contributed by atoms with E-state index in [1.165, 1.54) is 11.5 Å². The fourth-order valence-corrected chi connectivity index (χ4v) is 3.16. The van der Waals surface area contributed by atoms with Gasteiger partial charge in [0.15, 0.2) is 11.5 Å². The number of aromatic nitrogens is 2. The van der Waals surface area contributed by atoms with E-state index < -0.39 is 6.10 Å². The van der Waals surface area contributed by atoms with Gasteiger partial charge in [-0.2, -0.15) is 0 Å². The molecule has 8 heteroatoms. The molecule has 27 heavy (non-hydrogen) atoms. The van der Waals surface area contributed by atoms with Crippen LogP contribution in [0.3, 0.4) is 0 Å². The van der Waals surface area contributed by atoms with Crippen LogP contribution in [0.4, 0.5) is 0 Å². The molecule has 1 aromatic heterocycles. The van der Waals surface area contributed by atoms with Crippen LogP contribution in [-0.2, 0) is 6.54 Å². The zero-order valence-electron chi connectivity index (χ0n) is 14.5. The Hall–Kier alpha value is -2.68. The summed E-state index contributed by atoms with van der Waals surface area (Å²) in [6.07, 6.45) is -0.610. The van der Waals surface area contributed by atoms with Crippen molar-refractivity contribution in [1.29, 1.82) is 0 Å². The molecule has 0 fully saturated rings. The van der Waals surface area contributed by atoms with Crippen molar-refractivity contribution in [3.63, 3.8) is 0 Å². The van der Waals surface area contributed by atoms with E-state index in [2.05, 4.69) is 14.9 Å². The molecule has 3 aromatic rings. The molecule has 1 aliphatic heterocycles. The first-order chi connectivity index (χ1) is 13.3. The standard InChI is InChI=1S/C19H19N3O4S/c23-15(9-20-8-13-1-6-18-19(7-13)26-12-25-18)10-24-16-4-2-14(3-5-16)17-11-27-22-21-17/h1-7,11,15,20,23H,8-10,12H2. The largest absolute Gasteiger partial charge is 0.491 e. The van der Waals surface area contributed by atoms with Crippen molar-refractivity contribution in [3.05, 3.63) is 53.4 Å². The Balaban J connectivity index is 1.20. The average molecular weight is 385 g/mol. The zero-order valence-corrected chi connectivity index (χ0v) is 15.3. The van der Waals surface area contributed by atoms with E-state index in [1.807, 2.05) is 47.8 Å². The Labute approximate surface area is 160 Å². The lowest BCUT2D eigenvalue weighted by Crippen LogP contribution is -2.31. The zero-order chi connectivity index (χ0) is 18.5. The first kappa shape index (κ1) is 17.7. The molecule has 1 unspecified atom stereocenters. The Morgan fingerprint density at radius 3 is 2.81 bits per heavy atom. The topological polar surface area (TPSA) is 85.7 Å². The molecule has 0 saturated carbocycles. The maximum atomic E-state index is 10.1. The molecule has 0 bridgehead atoms. The number of rotatable bonds is 8. The number of hydrogen-bond acceptors (Lipinski definition) is 8. The molecular weight excluding hydrogens is 366 g/mol. The van der Waals surface area contributed by atoms with Gasteiger partial charge in [0.05, 0.1) is 0 Å². The second-order valence-corrected chi connectivity index (χ2v) is 6.71. The molecule has 2 N–H and O–H groups in total. The van der Waals surface area contributed by atoms with Gasteiger partial charge in [-0.25, -0.2) is 0 Å². The smallest absolute Gasteiger partial charge is 0.231 e. The molecule has 0 radical (unpaired) electrons. The molecule has 0 saturated heterocycles. The highest BCUT2D eigenvalue weighted by Crippen LogP contribution is 2.32. The average Bonchev–Trinajstić information content (AvgIpc) is 3.38. The van der Waals surface area contributed by atoms with E-state index in [0.717, 1.165) is 28.3 Å². The molecule has 2 heterocycles. The SMILES string of the molecule is OC(CNCc1ccc2c(c1)OCO2)COc1ccc(-c2csnn2)cc1. The second-order valence-electron chi connectivity index (χ2n) is 6.10. The molecule has 1 aliphatic rings. The summed E-state index contributed by atoms with van der Waals surface area (Å²) in [4.78, 5) is 0. The summed E-state index contributed by atoms with van der Waals surface area (Å²) in [5.74, 6) is 2.23. The van der Waals surface area contributed by atoms with Crippen LogP contribution in [0, 0.1) is 0 Å². The predicted octanol–water partition coefficient (Wildman–Crippen LogP) is 2.46. The van der Waals surface area contributed by atoms with Crippen molar-refractivity contribution < 1.29 is 19.3 Å². The monoisotopic (exact) mass is 385 g/mol. The van der Waals surface area contributed by atoms with E-state index >= 15 is 0 Å². The van der Waals surface area contributed by atoms with E-state index in [-0.39, 0.29) is 13.4 Å². The highest BCUT2D eigenvalue weighted by atomic mass is 32.1. The molecule has 4 rings (SSSR count).